The van der Waals surface area contributed by atoms with Crippen LogP contribution in [0.5, 0.6) is 5.75 Å². The molecule has 0 saturated carbocycles. The molecule has 0 saturated heterocycles. The van der Waals surface area contributed by atoms with Crippen molar-refractivity contribution in [3.05, 3.63) is 57.0 Å². The number of aromatic nitrogens is 3. The van der Waals surface area contributed by atoms with E-state index in [1.807, 2.05) is 24.3 Å². The minimum atomic E-state index is -0.504. The average molecular weight is 359 g/mol. The number of hydrogen-bond donors (Lipinski definition) is 0. The molecule has 3 aromatic rings. The van der Waals surface area contributed by atoms with E-state index >= 15 is 0 Å². The van der Waals surface area contributed by atoms with Crippen molar-refractivity contribution >= 4 is 22.3 Å². The Balaban J connectivity index is 1.55. The van der Waals surface area contributed by atoms with Gasteiger partial charge in [0, 0.05) is 11.8 Å². The van der Waals surface area contributed by atoms with Gasteiger partial charge in [-0.15, -0.1) is 0 Å². The predicted molar refractivity (Wildman–Crippen MR) is 93.0 cm³/mol. The molecule has 0 unspecified atom stereocenters. The normalized spacial score (nSPS) is 10.8. The third kappa shape index (κ3) is 4.21. The third-order valence-corrected chi connectivity index (χ3v) is 4.34. The van der Waals surface area contributed by atoms with Crippen LogP contribution in [0.4, 0.5) is 0 Å². The lowest BCUT2D eigenvalue weighted by Crippen LogP contribution is -2.16. The summed E-state index contributed by atoms with van der Waals surface area (Å²) in [7, 11) is 0. The molecule has 25 heavy (non-hydrogen) atoms. The second-order valence-corrected chi connectivity index (χ2v) is 6.41. The maximum Gasteiger partial charge on any atom is 0.344 e. The summed E-state index contributed by atoms with van der Waals surface area (Å²) in [5, 5.41) is 4.60. The lowest BCUT2D eigenvalue weighted by Gasteiger charge is -2.06. The van der Waals surface area contributed by atoms with Gasteiger partial charge < -0.3 is 9.47 Å². The Morgan fingerprint density at radius 1 is 1.28 bits per heavy atom. The number of aryl methyl sites for hydroxylation is 2. The van der Waals surface area contributed by atoms with Crippen LogP contribution in [0.15, 0.2) is 35.1 Å². The van der Waals surface area contributed by atoms with Crippen molar-refractivity contribution in [1.82, 2.24) is 14.6 Å². The van der Waals surface area contributed by atoms with Gasteiger partial charge in [0.15, 0.2) is 11.6 Å². The number of benzene rings is 1. The SMILES string of the molecule is CCc1ccc(OCC(=O)OCc2nn3c(=O)cc(C)nc3s2)cc1. The van der Waals surface area contributed by atoms with Gasteiger partial charge >= 0.3 is 5.97 Å². The molecule has 0 amide bonds. The Kier molecular flexibility index (Phi) is 5.08. The number of fused-ring (bicyclic) bond motifs is 1. The van der Waals surface area contributed by atoms with E-state index in [0.29, 0.717) is 21.4 Å². The second kappa shape index (κ2) is 7.43. The molecule has 0 radical (unpaired) electrons. The Morgan fingerprint density at radius 3 is 2.76 bits per heavy atom. The molecule has 3 rings (SSSR count). The van der Waals surface area contributed by atoms with Crippen molar-refractivity contribution in [2.24, 2.45) is 0 Å². The van der Waals surface area contributed by atoms with Crippen LogP contribution >= 0.6 is 11.3 Å². The van der Waals surface area contributed by atoms with Crippen molar-refractivity contribution in [3.63, 3.8) is 0 Å². The lowest BCUT2D eigenvalue weighted by molar-refractivity contribution is -0.147. The molecule has 0 aliphatic carbocycles. The van der Waals surface area contributed by atoms with Crippen molar-refractivity contribution in [3.8, 4) is 5.75 Å². The standard InChI is InChI=1S/C17H17N3O4S/c1-3-12-4-6-13(7-5-12)23-10-16(22)24-9-14-19-20-15(21)8-11(2)18-17(20)25-14/h4-8H,3,9-10H2,1-2H3. The number of nitrogens with zero attached hydrogens (tertiary/aromatic N) is 3. The van der Waals surface area contributed by atoms with E-state index in [2.05, 4.69) is 17.0 Å². The van der Waals surface area contributed by atoms with E-state index in [0.717, 1.165) is 6.42 Å². The first-order chi connectivity index (χ1) is 12.0. The predicted octanol–water partition coefficient (Wildman–Crippen LogP) is 2.14. The summed E-state index contributed by atoms with van der Waals surface area (Å²) >= 11 is 1.21. The number of carbonyl (C=O) groups is 1. The summed E-state index contributed by atoms with van der Waals surface area (Å²) < 4.78 is 11.7. The summed E-state index contributed by atoms with van der Waals surface area (Å²) in [6.07, 6.45) is 0.946. The Morgan fingerprint density at radius 2 is 2.04 bits per heavy atom. The van der Waals surface area contributed by atoms with Crippen molar-refractivity contribution < 1.29 is 14.3 Å². The fourth-order valence-corrected chi connectivity index (χ4v) is 3.02. The van der Waals surface area contributed by atoms with Gasteiger partial charge in [-0.25, -0.2) is 9.78 Å². The molecule has 2 aromatic heterocycles. The maximum atomic E-state index is 11.8. The van der Waals surface area contributed by atoms with E-state index in [-0.39, 0.29) is 18.8 Å². The third-order valence-electron chi connectivity index (χ3n) is 3.46. The van der Waals surface area contributed by atoms with Crippen LogP contribution in [0.25, 0.3) is 4.96 Å². The van der Waals surface area contributed by atoms with Crippen LogP contribution in [-0.2, 0) is 22.6 Å². The summed E-state index contributed by atoms with van der Waals surface area (Å²) in [5.41, 5.74) is 1.57. The van der Waals surface area contributed by atoms with Crippen molar-refractivity contribution in [2.75, 3.05) is 6.61 Å². The summed E-state index contributed by atoms with van der Waals surface area (Å²) in [4.78, 5) is 28.3. The highest BCUT2D eigenvalue weighted by Crippen LogP contribution is 2.14. The molecule has 7 nitrogen and oxygen atoms in total. The topological polar surface area (TPSA) is 82.8 Å². The van der Waals surface area contributed by atoms with Gasteiger partial charge in [0.2, 0.25) is 4.96 Å². The summed E-state index contributed by atoms with van der Waals surface area (Å²) in [6.45, 7) is 3.60. The molecular weight excluding hydrogens is 342 g/mol. The van der Waals surface area contributed by atoms with Gasteiger partial charge in [0.1, 0.15) is 12.4 Å². The highest BCUT2D eigenvalue weighted by atomic mass is 32.1. The largest absolute Gasteiger partial charge is 0.482 e. The Labute approximate surface area is 147 Å². The van der Waals surface area contributed by atoms with Crippen molar-refractivity contribution in [2.45, 2.75) is 26.9 Å². The maximum absolute atomic E-state index is 11.8. The van der Waals surface area contributed by atoms with E-state index in [1.54, 1.807) is 6.92 Å². The monoisotopic (exact) mass is 359 g/mol. The zero-order valence-corrected chi connectivity index (χ0v) is 14.7. The van der Waals surface area contributed by atoms with Crippen LogP contribution in [-0.4, -0.2) is 27.2 Å². The summed E-state index contributed by atoms with van der Waals surface area (Å²) in [6, 6.07) is 8.95. The first kappa shape index (κ1) is 17.1. The van der Waals surface area contributed by atoms with Crippen LogP contribution in [0, 0.1) is 6.92 Å². The zero-order valence-electron chi connectivity index (χ0n) is 13.9. The highest BCUT2D eigenvalue weighted by molar-refractivity contribution is 7.16. The number of rotatable bonds is 6. The molecule has 8 heteroatoms. The molecular formula is C17H17N3O4S. The first-order valence-corrected chi connectivity index (χ1v) is 8.60. The van der Waals surface area contributed by atoms with E-state index in [1.165, 1.54) is 27.5 Å². The average Bonchev–Trinajstić information content (AvgIpc) is 3.02. The van der Waals surface area contributed by atoms with Gasteiger partial charge in [-0.05, 0) is 31.0 Å². The molecule has 0 aliphatic heterocycles. The van der Waals surface area contributed by atoms with E-state index < -0.39 is 5.97 Å². The smallest absolute Gasteiger partial charge is 0.344 e. The minimum Gasteiger partial charge on any atom is -0.482 e. The number of esters is 1. The zero-order chi connectivity index (χ0) is 17.8. The molecule has 0 aliphatic rings. The van der Waals surface area contributed by atoms with Gasteiger partial charge in [0.25, 0.3) is 5.56 Å². The van der Waals surface area contributed by atoms with Gasteiger partial charge in [-0.1, -0.05) is 30.4 Å². The Hall–Kier alpha value is -2.74. The molecule has 0 N–H and O–H groups in total. The lowest BCUT2D eigenvalue weighted by atomic mass is 10.2. The van der Waals surface area contributed by atoms with Crippen LogP contribution in [0.1, 0.15) is 23.2 Å². The van der Waals surface area contributed by atoms with Gasteiger partial charge in [-0.2, -0.15) is 9.61 Å². The number of ether oxygens (including phenoxy) is 2. The van der Waals surface area contributed by atoms with Gasteiger partial charge in [-0.3, -0.25) is 4.79 Å². The molecule has 130 valence electrons. The van der Waals surface area contributed by atoms with Crippen molar-refractivity contribution in [1.29, 1.82) is 0 Å². The number of carbonyl (C=O) groups excluding carboxylic acids is 1. The molecule has 0 bridgehead atoms. The molecule has 2 heterocycles. The van der Waals surface area contributed by atoms with Crippen LogP contribution in [0.2, 0.25) is 0 Å². The van der Waals surface area contributed by atoms with E-state index in [9.17, 15) is 9.59 Å². The number of hydrogen-bond acceptors (Lipinski definition) is 7. The minimum absolute atomic E-state index is 0.0243. The quantitative estimate of drug-likeness (QED) is 0.627. The fourth-order valence-electron chi connectivity index (χ4n) is 2.17. The highest BCUT2D eigenvalue weighted by Gasteiger charge is 2.11. The van der Waals surface area contributed by atoms with E-state index in [4.69, 9.17) is 9.47 Å². The fraction of sp³-hybridized carbons (Fsp3) is 0.294. The van der Waals surface area contributed by atoms with Gasteiger partial charge in [0.05, 0.1) is 0 Å². The molecule has 0 fully saturated rings. The van der Waals surface area contributed by atoms with Crippen LogP contribution < -0.4 is 10.3 Å². The summed E-state index contributed by atoms with van der Waals surface area (Å²) in [5.74, 6) is 0.107. The molecule has 0 atom stereocenters. The first-order valence-electron chi connectivity index (χ1n) is 7.79. The second-order valence-electron chi connectivity index (χ2n) is 5.37. The Bertz CT molecular complexity index is 947. The molecule has 1 aromatic carbocycles. The van der Waals surface area contributed by atoms with Crippen LogP contribution in [0.3, 0.4) is 0 Å². The molecule has 0 spiro atoms.